The molecule has 0 aromatic carbocycles. The third-order valence-electron chi connectivity index (χ3n) is 4.49. The molecule has 19 heavy (non-hydrogen) atoms. The van der Waals surface area contributed by atoms with Crippen molar-refractivity contribution in [3.8, 4) is 0 Å². The molecule has 3 rings (SSSR count). The van der Waals surface area contributed by atoms with E-state index in [0.717, 1.165) is 44.6 Å². The number of aromatic amines is 1. The number of carbonyl (C=O) groups is 1. The molecule has 2 fully saturated rings. The minimum atomic E-state index is 0.0283. The molecule has 3 unspecified atom stereocenters. The van der Waals surface area contributed by atoms with Gasteiger partial charge >= 0.3 is 0 Å². The van der Waals surface area contributed by atoms with E-state index < -0.39 is 0 Å². The Labute approximate surface area is 113 Å². The van der Waals surface area contributed by atoms with Crippen LogP contribution in [0.5, 0.6) is 0 Å². The molecule has 3 heterocycles. The molecule has 2 N–H and O–H groups in total. The summed E-state index contributed by atoms with van der Waals surface area (Å²) in [5.74, 6) is 1.16. The lowest BCUT2D eigenvalue weighted by Gasteiger charge is -2.34. The number of aromatic nitrogens is 2. The molecule has 2 aliphatic heterocycles. The Morgan fingerprint density at radius 3 is 3.05 bits per heavy atom. The summed E-state index contributed by atoms with van der Waals surface area (Å²) in [7, 11) is 0. The molecule has 104 valence electrons. The van der Waals surface area contributed by atoms with E-state index in [9.17, 15) is 4.79 Å². The largest absolute Gasteiger partial charge is 0.341 e. The number of hydrogen-bond acceptors (Lipinski definition) is 3. The molecular formula is C14H22N4O. The highest BCUT2D eigenvalue weighted by molar-refractivity contribution is 5.82. The number of amides is 1. The molecule has 1 aromatic rings. The fourth-order valence-corrected chi connectivity index (χ4v) is 3.29. The van der Waals surface area contributed by atoms with Crippen molar-refractivity contribution >= 4 is 5.91 Å². The zero-order valence-electron chi connectivity index (χ0n) is 11.4. The van der Waals surface area contributed by atoms with E-state index in [4.69, 9.17) is 0 Å². The van der Waals surface area contributed by atoms with Crippen molar-refractivity contribution in [1.29, 1.82) is 0 Å². The number of H-pyrrole nitrogens is 1. The number of hydrogen-bond donors (Lipinski definition) is 2. The average Bonchev–Trinajstić information content (AvgIpc) is 3.09. The third kappa shape index (κ3) is 2.52. The van der Waals surface area contributed by atoms with E-state index in [1.54, 1.807) is 6.20 Å². The first kappa shape index (κ1) is 12.7. The zero-order valence-corrected chi connectivity index (χ0v) is 11.4. The topological polar surface area (TPSA) is 61.0 Å². The normalized spacial score (nSPS) is 31.6. The van der Waals surface area contributed by atoms with Crippen molar-refractivity contribution in [3.63, 3.8) is 0 Å². The molecule has 5 nitrogen and oxygen atoms in total. The van der Waals surface area contributed by atoms with Gasteiger partial charge in [0.25, 0.3) is 0 Å². The Balaban J connectivity index is 1.66. The van der Waals surface area contributed by atoms with Crippen LogP contribution in [-0.2, 0) is 4.79 Å². The van der Waals surface area contributed by atoms with Crippen molar-refractivity contribution in [2.45, 2.75) is 38.1 Å². The minimum Gasteiger partial charge on any atom is -0.341 e. The second-order valence-corrected chi connectivity index (χ2v) is 5.83. The number of nitrogens with one attached hydrogen (secondary N) is 2. The van der Waals surface area contributed by atoms with Crippen molar-refractivity contribution < 1.29 is 4.79 Å². The predicted octanol–water partition coefficient (Wildman–Crippen LogP) is 1.11. The van der Waals surface area contributed by atoms with Gasteiger partial charge < -0.3 is 10.2 Å². The molecule has 5 heteroatoms. The molecule has 2 aliphatic rings. The first-order valence-electron chi connectivity index (χ1n) is 7.27. The van der Waals surface area contributed by atoms with Crippen molar-refractivity contribution in [2.24, 2.45) is 5.92 Å². The Bertz CT molecular complexity index is 431. The van der Waals surface area contributed by atoms with Gasteiger partial charge in [-0.25, -0.2) is 0 Å². The van der Waals surface area contributed by atoms with Gasteiger partial charge in [-0.1, -0.05) is 6.92 Å². The summed E-state index contributed by atoms with van der Waals surface area (Å²) in [5.41, 5.74) is 1.16. The van der Waals surface area contributed by atoms with Crippen LogP contribution >= 0.6 is 0 Å². The van der Waals surface area contributed by atoms with Gasteiger partial charge in [-0.3, -0.25) is 9.89 Å². The molecule has 0 spiro atoms. The van der Waals surface area contributed by atoms with Gasteiger partial charge in [-0.2, -0.15) is 5.10 Å². The van der Waals surface area contributed by atoms with Crippen LogP contribution in [0.3, 0.4) is 0 Å². The zero-order chi connectivity index (χ0) is 13.2. The van der Waals surface area contributed by atoms with Gasteiger partial charge in [-0.05, 0) is 37.8 Å². The van der Waals surface area contributed by atoms with Crippen molar-refractivity contribution in [1.82, 2.24) is 20.4 Å². The van der Waals surface area contributed by atoms with Crippen molar-refractivity contribution in [2.75, 3.05) is 19.6 Å². The number of carbonyl (C=O) groups excluding carboxylic acids is 1. The summed E-state index contributed by atoms with van der Waals surface area (Å²) >= 11 is 0. The van der Waals surface area contributed by atoms with Gasteiger partial charge in [0.2, 0.25) is 5.91 Å². The maximum absolute atomic E-state index is 12.6. The van der Waals surface area contributed by atoms with E-state index in [1.807, 2.05) is 11.0 Å². The molecule has 2 saturated heterocycles. The van der Waals surface area contributed by atoms with Gasteiger partial charge in [-0.15, -0.1) is 0 Å². The van der Waals surface area contributed by atoms with Crippen molar-refractivity contribution in [3.05, 3.63) is 18.0 Å². The smallest absolute Gasteiger partial charge is 0.240 e. The SMILES string of the molecule is CC1CCNC1C(=O)N1CCCC(c2ccn[nH]2)C1. The number of rotatable bonds is 2. The number of likely N-dealkylation sites (tertiary alicyclic amines) is 1. The summed E-state index contributed by atoms with van der Waals surface area (Å²) in [4.78, 5) is 14.6. The molecule has 0 aliphatic carbocycles. The van der Waals surface area contributed by atoms with Crippen LogP contribution < -0.4 is 5.32 Å². The molecule has 0 saturated carbocycles. The second-order valence-electron chi connectivity index (χ2n) is 5.83. The lowest BCUT2D eigenvalue weighted by molar-refractivity contribution is -0.135. The average molecular weight is 262 g/mol. The molecule has 1 aromatic heterocycles. The number of nitrogens with zero attached hydrogens (tertiary/aromatic N) is 2. The predicted molar refractivity (Wildman–Crippen MR) is 72.7 cm³/mol. The highest BCUT2D eigenvalue weighted by atomic mass is 16.2. The summed E-state index contributed by atoms with van der Waals surface area (Å²) in [6.07, 6.45) is 5.11. The number of piperidine rings is 1. The lowest BCUT2D eigenvalue weighted by atomic mass is 9.93. The van der Waals surface area contributed by atoms with Crippen LogP contribution in [0, 0.1) is 5.92 Å². The van der Waals surface area contributed by atoms with Crippen LogP contribution in [0.4, 0.5) is 0 Å². The van der Waals surface area contributed by atoms with Crippen LogP contribution in [0.15, 0.2) is 12.3 Å². The summed E-state index contributed by atoms with van der Waals surface area (Å²) in [5, 5.41) is 10.4. The summed E-state index contributed by atoms with van der Waals surface area (Å²) < 4.78 is 0. The summed E-state index contributed by atoms with van der Waals surface area (Å²) in [6, 6.07) is 2.05. The Morgan fingerprint density at radius 1 is 1.47 bits per heavy atom. The molecule has 0 radical (unpaired) electrons. The molecule has 0 bridgehead atoms. The van der Waals surface area contributed by atoms with Crippen LogP contribution in [0.25, 0.3) is 0 Å². The Morgan fingerprint density at radius 2 is 2.37 bits per heavy atom. The van der Waals surface area contributed by atoms with Gasteiger partial charge in [0.1, 0.15) is 0 Å². The Hall–Kier alpha value is -1.36. The highest BCUT2D eigenvalue weighted by Gasteiger charge is 2.34. The molecule has 1 amide bonds. The monoisotopic (exact) mass is 262 g/mol. The van der Waals surface area contributed by atoms with Crippen LogP contribution in [0.1, 0.15) is 37.8 Å². The summed E-state index contributed by atoms with van der Waals surface area (Å²) in [6.45, 7) is 4.86. The van der Waals surface area contributed by atoms with Gasteiger partial charge in [0, 0.05) is 30.9 Å². The fraction of sp³-hybridized carbons (Fsp3) is 0.714. The minimum absolute atomic E-state index is 0.0283. The lowest BCUT2D eigenvalue weighted by Crippen LogP contribution is -2.49. The maximum Gasteiger partial charge on any atom is 0.240 e. The van der Waals surface area contributed by atoms with E-state index in [0.29, 0.717) is 11.8 Å². The van der Waals surface area contributed by atoms with E-state index in [1.165, 1.54) is 0 Å². The van der Waals surface area contributed by atoms with E-state index in [-0.39, 0.29) is 11.9 Å². The van der Waals surface area contributed by atoms with Gasteiger partial charge in [0.05, 0.1) is 6.04 Å². The third-order valence-corrected chi connectivity index (χ3v) is 4.49. The van der Waals surface area contributed by atoms with E-state index in [2.05, 4.69) is 22.4 Å². The first-order chi connectivity index (χ1) is 9.25. The highest BCUT2D eigenvalue weighted by Crippen LogP contribution is 2.27. The molecule has 3 atom stereocenters. The second kappa shape index (κ2) is 5.33. The first-order valence-corrected chi connectivity index (χ1v) is 7.27. The molecular weight excluding hydrogens is 240 g/mol. The maximum atomic E-state index is 12.6. The quantitative estimate of drug-likeness (QED) is 0.839. The van der Waals surface area contributed by atoms with Crippen LogP contribution in [-0.4, -0.2) is 46.7 Å². The van der Waals surface area contributed by atoms with Crippen LogP contribution in [0.2, 0.25) is 0 Å². The fourth-order valence-electron chi connectivity index (χ4n) is 3.29. The Kier molecular flexibility index (Phi) is 3.55. The standard InChI is InChI=1S/C14H22N4O/c1-10-4-6-15-13(10)14(19)18-8-2-3-11(9-18)12-5-7-16-17-12/h5,7,10-11,13,15H,2-4,6,8-9H2,1H3,(H,16,17). The van der Waals surface area contributed by atoms with E-state index >= 15 is 0 Å². The van der Waals surface area contributed by atoms with Gasteiger partial charge in [0.15, 0.2) is 0 Å².